The van der Waals surface area contributed by atoms with E-state index in [0.29, 0.717) is 13.2 Å². The van der Waals surface area contributed by atoms with Crippen molar-refractivity contribution in [3.05, 3.63) is 35.9 Å². The number of ether oxygens (including phenoxy) is 2. The van der Waals surface area contributed by atoms with Gasteiger partial charge >= 0.3 is 6.09 Å². The van der Waals surface area contributed by atoms with E-state index < -0.39 is 0 Å². The molecule has 1 fully saturated rings. The van der Waals surface area contributed by atoms with Crippen molar-refractivity contribution in [2.24, 2.45) is 0 Å². The van der Waals surface area contributed by atoms with E-state index in [1.807, 2.05) is 30.3 Å². The number of methoxy groups -OCH3 is 1. The molecule has 1 heterocycles. The lowest BCUT2D eigenvalue weighted by atomic mass is 10.1. The van der Waals surface area contributed by atoms with Crippen molar-refractivity contribution in [3.8, 4) is 0 Å². The Morgan fingerprint density at radius 1 is 1.39 bits per heavy atom. The van der Waals surface area contributed by atoms with Crippen LogP contribution >= 0.6 is 0 Å². The van der Waals surface area contributed by atoms with Crippen molar-refractivity contribution < 1.29 is 14.3 Å². The topological polar surface area (TPSA) is 38.8 Å². The molecule has 0 unspecified atom stereocenters. The van der Waals surface area contributed by atoms with Crippen LogP contribution in [0.25, 0.3) is 0 Å². The lowest BCUT2D eigenvalue weighted by Gasteiger charge is -2.31. The highest BCUT2D eigenvalue weighted by Gasteiger charge is 2.24. The molecule has 98 valence electrons. The van der Waals surface area contributed by atoms with E-state index in [4.69, 9.17) is 9.47 Å². The Morgan fingerprint density at radius 2 is 2.17 bits per heavy atom. The Labute approximate surface area is 107 Å². The van der Waals surface area contributed by atoms with E-state index in [-0.39, 0.29) is 12.2 Å². The third-order valence-electron chi connectivity index (χ3n) is 3.17. The van der Waals surface area contributed by atoms with Gasteiger partial charge in [0, 0.05) is 13.7 Å². The number of benzene rings is 1. The Bertz CT molecular complexity index is 380. The van der Waals surface area contributed by atoms with Crippen molar-refractivity contribution in [1.29, 1.82) is 0 Å². The maximum Gasteiger partial charge on any atom is 0.410 e. The smallest absolute Gasteiger partial charge is 0.410 e. The predicted molar refractivity (Wildman–Crippen MR) is 68.2 cm³/mol. The molecule has 4 nitrogen and oxygen atoms in total. The van der Waals surface area contributed by atoms with Crippen LogP contribution in [0, 0.1) is 0 Å². The first-order chi connectivity index (χ1) is 8.79. The van der Waals surface area contributed by atoms with Crippen LogP contribution in [0.15, 0.2) is 30.3 Å². The Hall–Kier alpha value is -1.55. The van der Waals surface area contributed by atoms with E-state index in [2.05, 4.69) is 0 Å². The summed E-state index contributed by atoms with van der Waals surface area (Å²) in [6.07, 6.45) is 1.88. The SMILES string of the molecule is CO[C@H]1CCCN(C(=O)OCc2ccccc2)C1. The minimum absolute atomic E-state index is 0.142. The number of hydrogen-bond donors (Lipinski definition) is 0. The van der Waals surface area contributed by atoms with Gasteiger partial charge in [-0.15, -0.1) is 0 Å². The zero-order chi connectivity index (χ0) is 12.8. The van der Waals surface area contributed by atoms with Crippen molar-refractivity contribution in [1.82, 2.24) is 4.90 Å². The van der Waals surface area contributed by atoms with Gasteiger partial charge in [0.05, 0.1) is 12.6 Å². The summed E-state index contributed by atoms with van der Waals surface area (Å²) in [6, 6.07) is 9.71. The number of carbonyl (C=O) groups is 1. The van der Waals surface area contributed by atoms with Gasteiger partial charge in [0.1, 0.15) is 6.61 Å². The fourth-order valence-corrected chi connectivity index (χ4v) is 2.11. The van der Waals surface area contributed by atoms with Gasteiger partial charge in [-0.2, -0.15) is 0 Å². The highest BCUT2D eigenvalue weighted by atomic mass is 16.6. The number of rotatable bonds is 3. The van der Waals surface area contributed by atoms with Crippen LogP contribution in [0.3, 0.4) is 0 Å². The molecule has 18 heavy (non-hydrogen) atoms. The summed E-state index contributed by atoms with van der Waals surface area (Å²) >= 11 is 0. The van der Waals surface area contributed by atoms with Crippen LogP contribution in [-0.4, -0.2) is 37.3 Å². The Morgan fingerprint density at radius 3 is 2.89 bits per heavy atom. The zero-order valence-corrected chi connectivity index (χ0v) is 10.7. The van der Waals surface area contributed by atoms with E-state index in [0.717, 1.165) is 24.9 Å². The van der Waals surface area contributed by atoms with Gasteiger partial charge < -0.3 is 14.4 Å². The second-order valence-corrected chi connectivity index (χ2v) is 4.49. The molecular weight excluding hydrogens is 230 g/mol. The summed E-state index contributed by atoms with van der Waals surface area (Å²) in [4.78, 5) is 13.6. The highest BCUT2D eigenvalue weighted by molar-refractivity contribution is 5.67. The van der Waals surface area contributed by atoms with Crippen LogP contribution in [0.1, 0.15) is 18.4 Å². The second-order valence-electron chi connectivity index (χ2n) is 4.49. The Balaban J connectivity index is 1.81. The van der Waals surface area contributed by atoms with Crippen LogP contribution in [0.2, 0.25) is 0 Å². The van der Waals surface area contributed by atoms with Crippen LogP contribution in [0.4, 0.5) is 4.79 Å². The quantitative estimate of drug-likeness (QED) is 0.826. The van der Waals surface area contributed by atoms with Gasteiger partial charge in [-0.25, -0.2) is 4.79 Å². The molecule has 0 aliphatic carbocycles. The van der Waals surface area contributed by atoms with Crippen LogP contribution in [-0.2, 0) is 16.1 Å². The van der Waals surface area contributed by atoms with Crippen molar-refractivity contribution in [3.63, 3.8) is 0 Å². The molecule has 1 saturated heterocycles. The fraction of sp³-hybridized carbons (Fsp3) is 0.500. The lowest BCUT2D eigenvalue weighted by Crippen LogP contribution is -2.43. The number of piperidine rings is 1. The molecule has 0 N–H and O–H groups in total. The van der Waals surface area contributed by atoms with Gasteiger partial charge in [0.25, 0.3) is 0 Å². The molecule has 0 saturated carbocycles. The maximum atomic E-state index is 11.9. The van der Waals surface area contributed by atoms with Crippen LogP contribution < -0.4 is 0 Å². The summed E-state index contributed by atoms with van der Waals surface area (Å²) in [5.74, 6) is 0. The molecular formula is C14H19NO3. The lowest BCUT2D eigenvalue weighted by molar-refractivity contribution is 0.0220. The molecule has 2 rings (SSSR count). The first kappa shape index (κ1) is 12.9. The van der Waals surface area contributed by atoms with Gasteiger partial charge in [-0.1, -0.05) is 30.3 Å². The standard InChI is InChI=1S/C14H19NO3/c1-17-13-8-5-9-15(10-13)14(16)18-11-12-6-3-2-4-7-12/h2-4,6-7,13H,5,8-11H2,1H3/t13-/m0/s1. The average molecular weight is 249 g/mol. The molecule has 0 bridgehead atoms. The summed E-state index contributed by atoms with van der Waals surface area (Å²) in [5.41, 5.74) is 1.01. The van der Waals surface area contributed by atoms with Gasteiger partial charge in [-0.3, -0.25) is 0 Å². The summed E-state index contributed by atoms with van der Waals surface area (Å²) in [6.45, 7) is 1.71. The van der Waals surface area contributed by atoms with Gasteiger partial charge in [0.2, 0.25) is 0 Å². The number of hydrogen-bond acceptors (Lipinski definition) is 3. The molecule has 1 aliphatic rings. The largest absolute Gasteiger partial charge is 0.445 e. The normalized spacial score (nSPS) is 19.6. The number of amides is 1. The summed E-state index contributed by atoms with van der Waals surface area (Å²) in [5, 5.41) is 0. The third kappa shape index (κ3) is 3.47. The molecule has 1 aromatic rings. The van der Waals surface area contributed by atoms with Gasteiger partial charge in [0.15, 0.2) is 0 Å². The zero-order valence-electron chi connectivity index (χ0n) is 10.7. The summed E-state index contributed by atoms with van der Waals surface area (Å²) < 4.78 is 10.6. The van der Waals surface area contributed by atoms with E-state index in [1.54, 1.807) is 12.0 Å². The molecule has 1 amide bonds. The van der Waals surface area contributed by atoms with E-state index in [1.165, 1.54) is 0 Å². The molecule has 1 atom stereocenters. The predicted octanol–water partition coefficient (Wildman–Crippen LogP) is 2.43. The Kier molecular flexibility index (Phi) is 4.59. The molecule has 0 aromatic heterocycles. The molecule has 0 radical (unpaired) electrons. The van der Waals surface area contributed by atoms with Crippen molar-refractivity contribution in [2.45, 2.75) is 25.6 Å². The fourth-order valence-electron chi connectivity index (χ4n) is 2.11. The first-order valence-corrected chi connectivity index (χ1v) is 6.28. The van der Waals surface area contributed by atoms with E-state index >= 15 is 0 Å². The maximum absolute atomic E-state index is 11.9. The first-order valence-electron chi connectivity index (χ1n) is 6.28. The van der Waals surface area contributed by atoms with Crippen molar-refractivity contribution in [2.75, 3.05) is 20.2 Å². The molecule has 4 heteroatoms. The number of likely N-dealkylation sites (tertiary alicyclic amines) is 1. The second kappa shape index (κ2) is 6.40. The highest BCUT2D eigenvalue weighted by Crippen LogP contribution is 2.14. The van der Waals surface area contributed by atoms with Crippen molar-refractivity contribution >= 4 is 6.09 Å². The average Bonchev–Trinajstić information content (AvgIpc) is 2.46. The van der Waals surface area contributed by atoms with E-state index in [9.17, 15) is 4.79 Å². The summed E-state index contributed by atoms with van der Waals surface area (Å²) in [7, 11) is 1.68. The van der Waals surface area contributed by atoms with Crippen LogP contribution in [0.5, 0.6) is 0 Å². The monoisotopic (exact) mass is 249 g/mol. The minimum Gasteiger partial charge on any atom is -0.445 e. The number of carbonyl (C=O) groups excluding carboxylic acids is 1. The molecule has 1 aliphatic heterocycles. The molecule has 1 aromatic carbocycles. The number of nitrogens with zero attached hydrogens (tertiary/aromatic N) is 1. The third-order valence-corrected chi connectivity index (χ3v) is 3.17. The van der Waals surface area contributed by atoms with Gasteiger partial charge in [-0.05, 0) is 18.4 Å². The minimum atomic E-state index is -0.249. The molecule has 0 spiro atoms.